The Hall–Kier alpha value is -2.21. The van der Waals surface area contributed by atoms with Crippen LogP contribution in [0.15, 0.2) is 24.3 Å². The van der Waals surface area contributed by atoms with E-state index in [1.165, 1.54) is 4.90 Å². The molecule has 0 spiro atoms. The zero-order chi connectivity index (χ0) is 18.0. The summed E-state index contributed by atoms with van der Waals surface area (Å²) in [6.45, 7) is 7.93. The van der Waals surface area contributed by atoms with Gasteiger partial charge in [0.25, 0.3) is 5.91 Å². The highest BCUT2D eigenvalue weighted by atomic mass is 16.2. The van der Waals surface area contributed by atoms with E-state index in [-0.39, 0.29) is 17.7 Å². The van der Waals surface area contributed by atoms with Crippen LogP contribution < -0.4 is 0 Å². The third-order valence-corrected chi connectivity index (χ3v) is 5.03. The smallest absolute Gasteiger partial charge is 0.253 e. The Morgan fingerprint density at radius 3 is 2.04 bits per heavy atom. The summed E-state index contributed by atoms with van der Waals surface area (Å²) in [5, 5.41) is 0. The van der Waals surface area contributed by atoms with E-state index in [4.69, 9.17) is 0 Å². The van der Waals surface area contributed by atoms with E-state index in [1.807, 2.05) is 17.0 Å². The Bertz CT molecular complexity index is 645. The number of carbonyl (C=O) groups is 3. The SMILES string of the molecule is CC(C)N1CCN(C(=O)c2ccc(CN3C(=O)CCC3=O)cc2)CC1. The number of rotatable bonds is 4. The molecule has 2 heterocycles. The lowest BCUT2D eigenvalue weighted by Gasteiger charge is -2.37. The van der Waals surface area contributed by atoms with Gasteiger partial charge in [-0.15, -0.1) is 0 Å². The van der Waals surface area contributed by atoms with Crippen LogP contribution in [0.4, 0.5) is 0 Å². The highest BCUT2D eigenvalue weighted by Crippen LogP contribution is 2.17. The van der Waals surface area contributed by atoms with Crippen molar-refractivity contribution < 1.29 is 14.4 Å². The van der Waals surface area contributed by atoms with Crippen molar-refractivity contribution in [2.75, 3.05) is 26.2 Å². The van der Waals surface area contributed by atoms with Crippen molar-refractivity contribution in [3.8, 4) is 0 Å². The molecule has 3 amide bonds. The number of benzene rings is 1. The van der Waals surface area contributed by atoms with Crippen molar-refractivity contribution in [1.82, 2.24) is 14.7 Å². The van der Waals surface area contributed by atoms with E-state index in [2.05, 4.69) is 18.7 Å². The molecule has 0 aliphatic carbocycles. The maximum atomic E-state index is 12.6. The average Bonchev–Trinajstić information content (AvgIpc) is 2.94. The van der Waals surface area contributed by atoms with Gasteiger partial charge >= 0.3 is 0 Å². The first-order chi connectivity index (χ1) is 12.0. The predicted octanol–water partition coefficient (Wildman–Crippen LogP) is 1.50. The van der Waals surface area contributed by atoms with Crippen molar-refractivity contribution >= 4 is 17.7 Å². The Morgan fingerprint density at radius 2 is 1.52 bits per heavy atom. The highest BCUT2D eigenvalue weighted by molar-refractivity contribution is 6.01. The molecule has 0 aromatic heterocycles. The largest absolute Gasteiger partial charge is 0.336 e. The summed E-state index contributed by atoms with van der Waals surface area (Å²) in [7, 11) is 0. The summed E-state index contributed by atoms with van der Waals surface area (Å²) in [5.41, 5.74) is 1.52. The normalized spacial score (nSPS) is 19.2. The molecule has 134 valence electrons. The zero-order valence-corrected chi connectivity index (χ0v) is 14.9. The van der Waals surface area contributed by atoms with Gasteiger partial charge in [0.1, 0.15) is 0 Å². The van der Waals surface area contributed by atoms with E-state index in [0.717, 1.165) is 31.7 Å². The molecule has 0 N–H and O–H groups in total. The van der Waals surface area contributed by atoms with Gasteiger partial charge in [-0.2, -0.15) is 0 Å². The molecule has 2 fully saturated rings. The number of imide groups is 1. The van der Waals surface area contributed by atoms with Crippen LogP contribution in [0.1, 0.15) is 42.6 Å². The fourth-order valence-electron chi connectivity index (χ4n) is 3.36. The first kappa shape index (κ1) is 17.6. The number of nitrogens with zero attached hydrogens (tertiary/aromatic N) is 3. The van der Waals surface area contributed by atoms with Crippen LogP contribution in [-0.2, 0) is 16.1 Å². The molecule has 0 bridgehead atoms. The van der Waals surface area contributed by atoms with E-state index >= 15 is 0 Å². The quantitative estimate of drug-likeness (QED) is 0.778. The monoisotopic (exact) mass is 343 g/mol. The summed E-state index contributed by atoms with van der Waals surface area (Å²) < 4.78 is 0. The molecule has 2 saturated heterocycles. The minimum atomic E-state index is -0.117. The standard InChI is InChI=1S/C19H25N3O3/c1-14(2)20-9-11-21(12-10-20)19(25)16-5-3-15(4-6-16)13-22-17(23)7-8-18(22)24/h3-6,14H,7-13H2,1-2H3. The van der Waals surface area contributed by atoms with Gasteiger partial charge in [-0.25, -0.2) is 0 Å². The zero-order valence-electron chi connectivity index (χ0n) is 14.9. The minimum absolute atomic E-state index is 0.0447. The number of hydrogen-bond donors (Lipinski definition) is 0. The second-order valence-electron chi connectivity index (χ2n) is 6.99. The predicted molar refractivity (Wildman–Crippen MR) is 93.8 cm³/mol. The maximum Gasteiger partial charge on any atom is 0.253 e. The fraction of sp³-hybridized carbons (Fsp3) is 0.526. The van der Waals surface area contributed by atoms with Gasteiger partial charge in [-0.1, -0.05) is 12.1 Å². The molecule has 1 aromatic rings. The van der Waals surface area contributed by atoms with Crippen LogP contribution in [0.2, 0.25) is 0 Å². The van der Waals surface area contributed by atoms with Gasteiger partial charge in [-0.3, -0.25) is 24.2 Å². The molecule has 6 heteroatoms. The van der Waals surface area contributed by atoms with E-state index in [9.17, 15) is 14.4 Å². The summed E-state index contributed by atoms with van der Waals surface area (Å²) in [6, 6.07) is 7.75. The Balaban J connectivity index is 1.59. The Kier molecular flexibility index (Phi) is 5.18. The van der Waals surface area contributed by atoms with E-state index in [0.29, 0.717) is 31.0 Å². The van der Waals surface area contributed by atoms with Crippen LogP contribution in [0.5, 0.6) is 0 Å². The molecule has 0 radical (unpaired) electrons. The fourth-order valence-corrected chi connectivity index (χ4v) is 3.36. The van der Waals surface area contributed by atoms with E-state index < -0.39 is 0 Å². The van der Waals surface area contributed by atoms with E-state index in [1.54, 1.807) is 12.1 Å². The molecular formula is C19H25N3O3. The Morgan fingerprint density at radius 1 is 0.960 bits per heavy atom. The second-order valence-corrected chi connectivity index (χ2v) is 6.99. The highest BCUT2D eigenvalue weighted by Gasteiger charge is 2.29. The van der Waals surface area contributed by atoms with Gasteiger partial charge in [0.2, 0.25) is 11.8 Å². The first-order valence-corrected chi connectivity index (χ1v) is 8.91. The van der Waals surface area contributed by atoms with Crippen molar-refractivity contribution in [1.29, 1.82) is 0 Å². The summed E-state index contributed by atoms with van der Waals surface area (Å²) in [6.07, 6.45) is 0.607. The van der Waals surface area contributed by atoms with Crippen LogP contribution in [0, 0.1) is 0 Å². The van der Waals surface area contributed by atoms with Gasteiger partial charge in [0.15, 0.2) is 0 Å². The molecule has 3 rings (SSSR count). The lowest BCUT2D eigenvalue weighted by Crippen LogP contribution is -2.50. The Labute approximate surface area is 148 Å². The molecule has 0 saturated carbocycles. The lowest BCUT2D eigenvalue weighted by molar-refractivity contribution is -0.139. The minimum Gasteiger partial charge on any atom is -0.336 e. The first-order valence-electron chi connectivity index (χ1n) is 8.91. The van der Waals surface area contributed by atoms with Crippen molar-refractivity contribution in [3.63, 3.8) is 0 Å². The average molecular weight is 343 g/mol. The van der Waals surface area contributed by atoms with Crippen molar-refractivity contribution in [2.24, 2.45) is 0 Å². The number of likely N-dealkylation sites (tertiary alicyclic amines) is 1. The topological polar surface area (TPSA) is 60.9 Å². The third-order valence-electron chi connectivity index (χ3n) is 5.03. The molecule has 2 aliphatic rings. The second kappa shape index (κ2) is 7.35. The maximum absolute atomic E-state index is 12.6. The van der Waals surface area contributed by atoms with Gasteiger partial charge in [-0.05, 0) is 31.5 Å². The molecule has 0 atom stereocenters. The molecule has 1 aromatic carbocycles. The van der Waals surface area contributed by atoms with Crippen LogP contribution in [0.25, 0.3) is 0 Å². The number of amides is 3. The molecule has 25 heavy (non-hydrogen) atoms. The van der Waals surface area contributed by atoms with Crippen molar-refractivity contribution in [2.45, 2.75) is 39.3 Å². The molecular weight excluding hydrogens is 318 g/mol. The van der Waals surface area contributed by atoms with Crippen LogP contribution in [0.3, 0.4) is 0 Å². The van der Waals surface area contributed by atoms with Crippen LogP contribution >= 0.6 is 0 Å². The van der Waals surface area contributed by atoms with Gasteiger partial charge in [0.05, 0.1) is 6.54 Å². The lowest BCUT2D eigenvalue weighted by atomic mass is 10.1. The number of hydrogen-bond acceptors (Lipinski definition) is 4. The van der Waals surface area contributed by atoms with Crippen LogP contribution in [-0.4, -0.2) is 64.6 Å². The van der Waals surface area contributed by atoms with Gasteiger partial charge < -0.3 is 4.90 Å². The number of piperazine rings is 1. The molecule has 6 nitrogen and oxygen atoms in total. The molecule has 0 unspecified atom stereocenters. The summed E-state index contributed by atoms with van der Waals surface area (Å²) >= 11 is 0. The number of carbonyl (C=O) groups excluding carboxylic acids is 3. The molecule has 2 aliphatic heterocycles. The third kappa shape index (κ3) is 3.90. The summed E-state index contributed by atoms with van der Waals surface area (Å²) in [4.78, 5) is 41.6. The summed E-state index contributed by atoms with van der Waals surface area (Å²) in [5.74, 6) is -0.190. The van der Waals surface area contributed by atoms with Crippen molar-refractivity contribution in [3.05, 3.63) is 35.4 Å². The van der Waals surface area contributed by atoms with Gasteiger partial charge in [0, 0.05) is 50.6 Å².